The lowest BCUT2D eigenvalue weighted by Gasteiger charge is -2.11. The zero-order valence-electron chi connectivity index (χ0n) is 11.4. The Hall–Kier alpha value is -0.550. The topological polar surface area (TPSA) is 42.7 Å². The third-order valence-corrected chi connectivity index (χ3v) is 3.97. The van der Waals surface area contributed by atoms with Crippen molar-refractivity contribution in [1.82, 2.24) is 20.1 Å². The van der Waals surface area contributed by atoms with E-state index in [0.717, 1.165) is 23.3 Å². The molecule has 0 amide bonds. The van der Waals surface area contributed by atoms with E-state index in [4.69, 9.17) is 0 Å². The summed E-state index contributed by atoms with van der Waals surface area (Å²) in [5.41, 5.74) is 0. The molecule has 0 fully saturated rings. The van der Waals surface area contributed by atoms with Gasteiger partial charge >= 0.3 is 0 Å². The fraction of sp³-hybridized carbons (Fsp3) is 0.833. The van der Waals surface area contributed by atoms with E-state index in [-0.39, 0.29) is 0 Å². The molecule has 0 spiro atoms. The number of hydrogen-bond donors (Lipinski definition) is 1. The lowest BCUT2D eigenvalue weighted by Crippen LogP contribution is -2.25. The van der Waals surface area contributed by atoms with Crippen molar-refractivity contribution in [1.29, 1.82) is 0 Å². The Balaban J connectivity index is 2.10. The van der Waals surface area contributed by atoms with E-state index in [1.165, 1.54) is 19.3 Å². The van der Waals surface area contributed by atoms with Crippen molar-refractivity contribution in [2.24, 2.45) is 7.05 Å². The van der Waals surface area contributed by atoms with E-state index in [2.05, 4.69) is 29.4 Å². The first-order valence-corrected chi connectivity index (χ1v) is 7.35. The minimum Gasteiger partial charge on any atom is -0.315 e. The number of aryl methyl sites for hydroxylation is 1. The minimum atomic E-state index is 0.641. The lowest BCUT2D eigenvalue weighted by molar-refractivity contribution is 0.510. The molecule has 0 aliphatic rings. The average Bonchev–Trinajstić information content (AvgIpc) is 2.60. The smallest absolute Gasteiger partial charge is 0.190 e. The molecule has 0 aliphatic carbocycles. The summed E-state index contributed by atoms with van der Waals surface area (Å²) in [6, 6.07) is 0.641. The summed E-state index contributed by atoms with van der Waals surface area (Å²) in [6.07, 6.45) is 3.77. The summed E-state index contributed by atoms with van der Waals surface area (Å²) < 4.78 is 2.05. The molecule has 0 aliphatic heterocycles. The molecule has 98 valence electrons. The van der Waals surface area contributed by atoms with Gasteiger partial charge in [-0.2, -0.15) is 0 Å². The van der Waals surface area contributed by atoms with Crippen molar-refractivity contribution < 1.29 is 0 Å². The Morgan fingerprint density at radius 2 is 2.12 bits per heavy atom. The normalized spacial score (nSPS) is 12.9. The van der Waals surface area contributed by atoms with Gasteiger partial charge in [-0.1, -0.05) is 25.1 Å². The van der Waals surface area contributed by atoms with Gasteiger partial charge in [0.05, 0.1) is 0 Å². The number of rotatable bonds is 8. The molecule has 0 radical (unpaired) electrons. The summed E-state index contributed by atoms with van der Waals surface area (Å²) >= 11 is 1.80. The summed E-state index contributed by atoms with van der Waals surface area (Å²) in [5.74, 6) is 2.11. The van der Waals surface area contributed by atoms with Crippen molar-refractivity contribution in [3.8, 4) is 0 Å². The summed E-state index contributed by atoms with van der Waals surface area (Å²) in [4.78, 5) is 0. The van der Waals surface area contributed by atoms with Crippen LogP contribution in [0.25, 0.3) is 0 Å². The minimum absolute atomic E-state index is 0.641. The molecule has 1 aromatic heterocycles. The zero-order chi connectivity index (χ0) is 12.7. The predicted octanol–water partition coefficient (Wildman–Crippen LogP) is 2.38. The largest absolute Gasteiger partial charge is 0.315 e. The highest BCUT2D eigenvalue weighted by Gasteiger charge is 2.05. The van der Waals surface area contributed by atoms with Gasteiger partial charge in [-0.15, -0.1) is 10.2 Å². The molecule has 1 unspecified atom stereocenters. The molecule has 0 bridgehead atoms. The zero-order valence-corrected chi connectivity index (χ0v) is 12.2. The molecular formula is C12H24N4S. The fourth-order valence-electron chi connectivity index (χ4n) is 1.68. The molecule has 1 N–H and O–H groups in total. The van der Waals surface area contributed by atoms with Gasteiger partial charge in [-0.05, 0) is 33.2 Å². The van der Waals surface area contributed by atoms with Crippen LogP contribution in [0.4, 0.5) is 0 Å². The monoisotopic (exact) mass is 256 g/mol. The fourth-order valence-corrected chi connectivity index (χ4v) is 2.64. The second-order valence-corrected chi connectivity index (χ2v) is 5.45. The standard InChI is InChI=1S/C12H24N4S/c1-5-13-10(2)8-6-7-9-17-12-15-14-11(3)16(12)4/h10,13H,5-9H2,1-4H3. The van der Waals surface area contributed by atoms with Gasteiger partial charge in [0.1, 0.15) is 5.82 Å². The Kier molecular flexibility index (Phi) is 6.58. The Morgan fingerprint density at radius 1 is 1.35 bits per heavy atom. The number of thioether (sulfide) groups is 1. The highest BCUT2D eigenvalue weighted by atomic mass is 32.2. The van der Waals surface area contributed by atoms with Crippen LogP contribution in [0, 0.1) is 6.92 Å². The molecule has 1 atom stereocenters. The van der Waals surface area contributed by atoms with Crippen LogP contribution in [0.15, 0.2) is 5.16 Å². The van der Waals surface area contributed by atoms with Gasteiger partial charge in [0.25, 0.3) is 0 Å². The molecule has 1 heterocycles. The van der Waals surface area contributed by atoms with Gasteiger partial charge in [0.15, 0.2) is 5.16 Å². The molecule has 4 nitrogen and oxygen atoms in total. The Bertz CT molecular complexity index is 324. The van der Waals surface area contributed by atoms with Crippen LogP contribution >= 0.6 is 11.8 Å². The van der Waals surface area contributed by atoms with Crippen LogP contribution in [-0.4, -0.2) is 33.1 Å². The van der Waals surface area contributed by atoms with Gasteiger partial charge < -0.3 is 9.88 Å². The van der Waals surface area contributed by atoms with E-state index in [1.54, 1.807) is 11.8 Å². The third-order valence-electron chi connectivity index (χ3n) is 2.87. The number of nitrogens with one attached hydrogen (secondary N) is 1. The third kappa shape index (κ3) is 5.08. The molecule has 0 saturated carbocycles. The van der Waals surface area contributed by atoms with Crippen LogP contribution < -0.4 is 5.32 Å². The van der Waals surface area contributed by atoms with Crippen molar-refractivity contribution >= 4 is 11.8 Å². The van der Waals surface area contributed by atoms with E-state index in [1.807, 2.05) is 18.5 Å². The predicted molar refractivity (Wildman–Crippen MR) is 73.5 cm³/mol. The first-order chi connectivity index (χ1) is 8.15. The van der Waals surface area contributed by atoms with Crippen molar-refractivity contribution in [3.05, 3.63) is 5.82 Å². The van der Waals surface area contributed by atoms with Crippen LogP contribution in [-0.2, 0) is 7.05 Å². The second-order valence-electron chi connectivity index (χ2n) is 4.39. The van der Waals surface area contributed by atoms with Gasteiger partial charge in [-0.3, -0.25) is 0 Å². The molecular weight excluding hydrogens is 232 g/mol. The molecule has 0 aromatic carbocycles. The van der Waals surface area contributed by atoms with Crippen LogP contribution in [0.3, 0.4) is 0 Å². The maximum absolute atomic E-state index is 4.14. The highest BCUT2D eigenvalue weighted by Crippen LogP contribution is 2.17. The summed E-state index contributed by atoms with van der Waals surface area (Å²) in [6.45, 7) is 7.45. The van der Waals surface area contributed by atoms with Gasteiger partial charge in [0.2, 0.25) is 0 Å². The van der Waals surface area contributed by atoms with Crippen LogP contribution in [0.2, 0.25) is 0 Å². The number of unbranched alkanes of at least 4 members (excludes halogenated alkanes) is 1. The Labute approximate surface area is 109 Å². The first kappa shape index (κ1) is 14.5. The molecule has 0 saturated heterocycles. The maximum Gasteiger partial charge on any atom is 0.190 e. The molecule has 1 aromatic rings. The quantitative estimate of drug-likeness (QED) is 0.573. The number of nitrogens with zero attached hydrogens (tertiary/aromatic N) is 3. The first-order valence-electron chi connectivity index (χ1n) is 6.37. The van der Waals surface area contributed by atoms with Crippen LogP contribution in [0.5, 0.6) is 0 Å². The van der Waals surface area contributed by atoms with Crippen molar-refractivity contribution in [2.75, 3.05) is 12.3 Å². The second kappa shape index (κ2) is 7.71. The van der Waals surface area contributed by atoms with E-state index in [9.17, 15) is 0 Å². The maximum atomic E-state index is 4.14. The van der Waals surface area contributed by atoms with Gasteiger partial charge in [0, 0.05) is 18.8 Å². The van der Waals surface area contributed by atoms with Crippen LogP contribution in [0.1, 0.15) is 38.9 Å². The van der Waals surface area contributed by atoms with Crippen molar-refractivity contribution in [2.45, 2.75) is 51.2 Å². The van der Waals surface area contributed by atoms with E-state index < -0.39 is 0 Å². The van der Waals surface area contributed by atoms with Gasteiger partial charge in [-0.25, -0.2) is 0 Å². The van der Waals surface area contributed by atoms with E-state index >= 15 is 0 Å². The molecule has 1 rings (SSSR count). The summed E-state index contributed by atoms with van der Waals surface area (Å²) in [5, 5.41) is 12.7. The molecule has 17 heavy (non-hydrogen) atoms. The lowest BCUT2D eigenvalue weighted by atomic mass is 10.1. The average molecular weight is 256 g/mol. The van der Waals surface area contributed by atoms with E-state index in [0.29, 0.717) is 6.04 Å². The Morgan fingerprint density at radius 3 is 2.71 bits per heavy atom. The SMILES string of the molecule is CCNC(C)CCCCSc1nnc(C)n1C. The van der Waals surface area contributed by atoms with Crippen molar-refractivity contribution in [3.63, 3.8) is 0 Å². The summed E-state index contributed by atoms with van der Waals surface area (Å²) in [7, 11) is 2.02. The number of hydrogen-bond acceptors (Lipinski definition) is 4. The number of aromatic nitrogens is 3. The highest BCUT2D eigenvalue weighted by molar-refractivity contribution is 7.99. The molecule has 5 heteroatoms.